The van der Waals surface area contributed by atoms with Crippen molar-refractivity contribution in [3.8, 4) is 0 Å². The van der Waals surface area contributed by atoms with E-state index >= 15 is 0 Å². The fourth-order valence-corrected chi connectivity index (χ4v) is 1.29. The van der Waals surface area contributed by atoms with Crippen LogP contribution in [-0.4, -0.2) is 40.9 Å². The van der Waals surface area contributed by atoms with Gasteiger partial charge >= 0.3 is 0 Å². The van der Waals surface area contributed by atoms with Crippen LogP contribution in [0.4, 0.5) is 0 Å². The number of ether oxygens (including phenoxy) is 1. The number of aromatic nitrogens is 2. The molecular formula is C11H19N3O2. The fraction of sp³-hybridized carbons (Fsp3) is 0.636. The molecule has 0 aromatic carbocycles. The highest BCUT2D eigenvalue weighted by atomic mass is 16.5. The first kappa shape index (κ1) is 13.0. The lowest BCUT2D eigenvalue weighted by Gasteiger charge is -2.23. The molecule has 1 aromatic rings. The lowest BCUT2D eigenvalue weighted by atomic mass is 10.0. The molecule has 16 heavy (non-hydrogen) atoms. The molecule has 1 aromatic heterocycles. The Kier molecular flexibility index (Phi) is 5.31. The van der Waals surface area contributed by atoms with Gasteiger partial charge in [-0.15, -0.1) is 0 Å². The molecule has 5 nitrogen and oxygen atoms in total. The van der Waals surface area contributed by atoms with Gasteiger partial charge in [-0.1, -0.05) is 0 Å². The van der Waals surface area contributed by atoms with Crippen LogP contribution in [0.1, 0.15) is 19.0 Å². The van der Waals surface area contributed by atoms with Crippen LogP contribution in [-0.2, 0) is 11.3 Å². The third kappa shape index (κ3) is 5.16. The molecule has 1 atom stereocenters. The Labute approximate surface area is 95.9 Å². The number of hydrogen-bond donors (Lipinski definition) is 2. The maximum absolute atomic E-state index is 9.95. The Morgan fingerprint density at radius 1 is 1.50 bits per heavy atom. The van der Waals surface area contributed by atoms with Crippen LogP contribution in [0, 0.1) is 0 Å². The lowest BCUT2D eigenvalue weighted by Crippen LogP contribution is -2.38. The Bertz CT molecular complexity index is 291. The molecule has 0 saturated carbocycles. The summed E-state index contributed by atoms with van der Waals surface area (Å²) in [6.07, 6.45) is 5.60. The van der Waals surface area contributed by atoms with Crippen LogP contribution in [0.2, 0.25) is 0 Å². The van der Waals surface area contributed by atoms with Crippen molar-refractivity contribution in [1.82, 2.24) is 15.3 Å². The van der Waals surface area contributed by atoms with Crippen LogP contribution < -0.4 is 5.32 Å². The van der Waals surface area contributed by atoms with E-state index in [0.717, 1.165) is 5.69 Å². The quantitative estimate of drug-likeness (QED) is 0.701. The first-order valence-corrected chi connectivity index (χ1v) is 5.31. The number of nitrogens with one attached hydrogen (secondary N) is 1. The smallest absolute Gasteiger partial charge is 0.0765 e. The normalized spacial score (nSPS) is 14.7. The van der Waals surface area contributed by atoms with Crippen molar-refractivity contribution < 1.29 is 9.84 Å². The van der Waals surface area contributed by atoms with E-state index in [1.54, 1.807) is 32.6 Å². The second kappa shape index (κ2) is 6.52. The molecule has 0 bridgehead atoms. The summed E-state index contributed by atoms with van der Waals surface area (Å²) in [6, 6.07) is 0. The van der Waals surface area contributed by atoms with Gasteiger partial charge in [0.25, 0.3) is 0 Å². The highest BCUT2D eigenvalue weighted by Crippen LogP contribution is 2.07. The summed E-state index contributed by atoms with van der Waals surface area (Å²) < 4.78 is 4.93. The predicted octanol–water partition coefficient (Wildman–Crippen LogP) is 0.354. The van der Waals surface area contributed by atoms with Gasteiger partial charge in [-0.2, -0.15) is 0 Å². The third-order valence-corrected chi connectivity index (χ3v) is 2.27. The minimum absolute atomic E-state index is 0.507. The van der Waals surface area contributed by atoms with Gasteiger partial charge in [-0.25, -0.2) is 0 Å². The van der Waals surface area contributed by atoms with Crippen molar-refractivity contribution in [2.24, 2.45) is 0 Å². The fourth-order valence-electron chi connectivity index (χ4n) is 1.29. The maximum atomic E-state index is 9.95. The van der Waals surface area contributed by atoms with E-state index in [0.29, 0.717) is 26.1 Å². The van der Waals surface area contributed by atoms with Gasteiger partial charge in [0, 0.05) is 51.8 Å². The molecule has 0 aliphatic heterocycles. The zero-order chi connectivity index (χ0) is 11.9. The van der Waals surface area contributed by atoms with Crippen molar-refractivity contribution in [2.45, 2.75) is 25.5 Å². The minimum atomic E-state index is -0.752. The second-order valence-corrected chi connectivity index (χ2v) is 4.04. The molecule has 1 rings (SSSR count). The summed E-state index contributed by atoms with van der Waals surface area (Å²) in [5.74, 6) is 0. The summed E-state index contributed by atoms with van der Waals surface area (Å²) >= 11 is 0. The summed E-state index contributed by atoms with van der Waals surface area (Å²) in [4.78, 5) is 8.09. The first-order valence-electron chi connectivity index (χ1n) is 5.31. The number of aliphatic hydroxyl groups is 1. The Hall–Kier alpha value is -1.04. The molecule has 0 amide bonds. The molecule has 0 aliphatic rings. The van der Waals surface area contributed by atoms with E-state index < -0.39 is 5.60 Å². The van der Waals surface area contributed by atoms with Gasteiger partial charge in [0.2, 0.25) is 0 Å². The molecule has 0 fully saturated rings. The molecule has 90 valence electrons. The molecule has 0 saturated heterocycles. The SMILES string of the molecule is COCCC(C)(O)CNCc1cnccn1. The van der Waals surface area contributed by atoms with Gasteiger partial charge in [0.1, 0.15) is 0 Å². The molecule has 0 aliphatic carbocycles. The zero-order valence-corrected chi connectivity index (χ0v) is 9.81. The van der Waals surface area contributed by atoms with Crippen molar-refractivity contribution >= 4 is 0 Å². The highest BCUT2D eigenvalue weighted by Gasteiger charge is 2.19. The van der Waals surface area contributed by atoms with Crippen LogP contribution in [0.15, 0.2) is 18.6 Å². The molecule has 1 unspecified atom stereocenters. The van der Waals surface area contributed by atoms with Gasteiger partial charge in [-0.05, 0) is 6.92 Å². The third-order valence-electron chi connectivity index (χ3n) is 2.27. The molecule has 0 spiro atoms. The number of nitrogens with zero attached hydrogens (tertiary/aromatic N) is 2. The van der Waals surface area contributed by atoms with Crippen molar-refractivity contribution in [1.29, 1.82) is 0 Å². The summed E-state index contributed by atoms with van der Waals surface area (Å²) in [5.41, 5.74) is 0.114. The number of rotatable bonds is 7. The monoisotopic (exact) mass is 225 g/mol. The Balaban J connectivity index is 2.24. The molecule has 1 heterocycles. The van der Waals surface area contributed by atoms with E-state index in [9.17, 15) is 5.11 Å². The van der Waals surface area contributed by atoms with Gasteiger partial charge < -0.3 is 15.2 Å². The first-order chi connectivity index (χ1) is 7.64. The maximum Gasteiger partial charge on any atom is 0.0765 e. The molecule has 5 heteroatoms. The van der Waals surface area contributed by atoms with E-state index in [-0.39, 0.29) is 0 Å². The lowest BCUT2D eigenvalue weighted by molar-refractivity contribution is 0.0247. The van der Waals surface area contributed by atoms with Crippen molar-refractivity contribution in [3.63, 3.8) is 0 Å². The number of methoxy groups -OCH3 is 1. The van der Waals surface area contributed by atoms with E-state index in [1.165, 1.54) is 0 Å². The average molecular weight is 225 g/mol. The van der Waals surface area contributed by atoms with Gasteiger partial charge in [0.15, 0.2) is 0 Å². The average Bonchev–Trinajstić information content (AvgIpc) is 2.28. The summed E-state index contributed by atoms with van der Waals surface area (Å²) in [6.45, 7) is 3.46. The molecular weight excluding hydrogens is 206 g/mol. The minimum Gasteiger partial charge on any atom is -0.389 e. The van der Waals surface area contributed by atoms with Crippen LogP contribution >= 0.6 is 0 Å². The van der Waals surface area contributed by atoms with Crippen LogP contribution in [0.25, 0.3) is 0 Å². The summed E-state index contributed by atoms with van der Waals surface area (Å²) in [5, 5.41) is 13.1. The van der Waals surface area contributed by atoms with Crippen LogP contribution in [0.5, 0.6) is 0 Å². The predicted molar refractivity (Wildman–Crippen MR) is 60.9 cm³/mol. The van der Waals surface area contributed by atoms with E-state index in [4.69, 9.17) is 4.74 Å². The highest BCUT2D eigenvalue weighted by molar-refractivity contribution is 4.94. The van der Waals surface area contributed by atoms with E-state index in [1.807, 2.05) is 0 Å². The molecule has 2 N–H and O–H groups in total. The topological polar surface area (TPSA) is 67.3 Å². The Morgan fingerprint density at radius 3 is 2.94 bits per heavy atom. The standard InChI is InChI=1S/C11H19N3O2/c1-11(15,3-6-16-2)9-13-8-10-7-12-4-5-14-10/h4-5,7,13,15H,3,6,8-9H2,1-2H3. The summed E-state index contributed by atoms with van der Waals surface area (Å²) in [7, 11) is 1.63. The largest absolute Gasteiger partial charge is 0.389 e. The van der Waals surface area contributed by atoms with Crippen molar-refractivity contribution in [2.75, 3.05) is 20.3 Å². The van der Waals surface area contributed by atoms with Crippen LogP contribution in [0.3, 0.4) is 0 Å². The Morgan fingerprint density at radius 2 is 2.31 bits per heavy atom. The second-order valence-electron chi connectivity index (χ2n) is 4.04. The molecule has 0 radical (unpaired) electrons. The van der Waals surface area contributed by atoms with Gasteiger partial charge in [-0.3, -0.25) is 9.97 Å². The van der Waals surface area contributed by atoms with Gasteiger partial charge in [0.05, 0.1) is 11.3 Å². The number of hydrogen-bond acceptors (Lipinski definition) is 5. The van der Waals surface area contributed by atoms with E-state index in [2.05, 4.69) is 15.3 Å². The zero-order valence-electron chi connectivity index (χ0n) is 9.81. The van der Waals surface area contributed by atoms with Crippen molar-refractivity contribution in [3.05, 3.63) is 24.3 Å².